The van der Waals surface area contributed by atoms with E-state index in [4.69, 9.17) is 10.5 Å². The Morgan fingerprint density at radius 3 is 2.30 bits per heavy atom. The first kappa shape index (κ1) is 14.5. The zero-order valence-corrected chi connectivity index (χ0v) is 12.6. The van der Waals surface area contributed by atoms with Crippen LogP contribution in [0.15, 0.2) is 36.5 Å². The maximum absolute atomic E-state index is 5.88. The lowest BCUT2D eigenvalue weighted by atomic mass is 10.0. The molecule has 0 spiro atoms. The van der Waals surface area contributed by atoms with Gasteiger partial charge in [0.25, 0.3) is 0 Å². The molecule has 3 heteroatoms. The highest BCUT2D eigenvalue weighted by Crippen LogP contribution is 2.28. The summed E-state index contributed by atoms with van der Waals surface area (Å²) in [6.07, 6.45) is 1.77. The molecule has 0 bridgehead atoms. The molecule has 0 aliphatic rings. The van der Waals surface area contributed by atoms with Crippen molar-refractivity contribution in [3.8, 4) is 11.6 Å². The van der Waals surface area contributed by atoms with Crippen LogP contribution < -0.4 is 10.5 Å². The molecule has 0 fully saturated rings. The lowest BCUT2D eigenvalue weighted by Gasteiger charge is -2.12. The van der Waals surface area contributed by atoms with Crippen LogP contribution in [0.3, 0.4) is 0 Å². The van der Waals surface area contributed by atoms with E-state index in [2.05, 4.69) is 37.0 Å². The molecule has 0 aliphatic carbocycles. The summed E-state index contributed by atoms with van der Waals surface area (Å²) >= 11 is 0. The van der Waals surface area contributed by atoms with Gasteiger partial charge in [-0.05, 0) is 42.5 Å². The minimum absolute atomic E-state index is 0.0115. The summed E-state index contributed by atoms with van der Waals surface area (Å²) in [6, 6.07) is 10.1. The van der Waals surface area contributed by atoms with Gasteiger partial charge in [-0.3, -0.25) is 0 Å². The third-order valence-electron chi connectivity index (χ3n) is 3.38. The van der Waals surface area contributed by atoms with Crippen molar-refractivity contribution in [3.05, 3.63) is 53.2 Å². The molecule has 1 aromatic heterocycles. The van der Waals surface area contributed by atoms with Gasteiger partial charge in [0.05, 0.1) is 0 Å². The van der Waals surface area contributed by atoms with Crippen molar-refractivity contribution >= 4 is 0 Å². The van der Waals surface area contributed by atoms with Crippen LogP contribution in [0.1, 0.15) is 49.4 Å². The minimum Gasteiger partial charge on any atom is -0.439 e. The third kappa shape index (κ3) is 3.36. The van der Waals surface area contributed by atoms with E-state index in [1.165, 1.54) is 5.56 Å². The Balaban J connectivity index is 2.23. The third-order valence-corrected chi connectivity index (χ3v) is 3.38. The number of aromatic nitrogens is 1. The molecule has 0 aliphatic heterocycles. The second-order valence-electron chi connectivity index (χ2n) is 5.50. The van der Waals surface area contributed by atoms with Crippen LogP contribution >= 0.6 is 0 Å². The molecular weight excluding hydrogens is 248 g/mol. The largest absolute Gasteiger partial charge is 0.439 e. The summed E-state index contributed by atoms with van der Waals surface area (Å²) in [4.78, 5) is 4.31. The topological polar surface area (TPSA) is 48.1 Å². The van der Waals surface area contributed by atoms with Crippen LogP contribution in [-0.4, -0.2) is 4.98 Å². The zero-order valence-electron chi connectivity index (χ0n) is 12.6. The molecule has 2 aromatic rings. The highest BCUT2D eigenvalue weighted by molar-refractivity contribution is 5.40. The monoisotopic (exact) mass is 270 g/mol. The van der Waals surface area contributed by atoms with Gasteiger partial charge in [-0.2, -0.15) is 0 Å². The molecule has 0 saturated heterocycles. The van der Waals surface area contributed by atoms with Crippen molar-refractivity contribution in [1.82, 2.24) is 4.98 Å². The van der Waals surface area contributed by atoms with Gasteiger partial charge in [0.15, 0.2) is 0 Å². The standard InChI is InChI=1S/C17H22N2O/c1-11(2)14-6-5-12(3)16(9-14)20-17-8-7-15(10-19-17)13(4)18/h5-11,13H,18H2,1-4H3/t13-/m1/s1. The fraction of sp³-hybridized carbons (Fsp3) is 0.353. The predicted molar refractivity (Wildman–Crippen MR) is 82.2 cm³/mol. The Morgan fingerprint density at radius 1 is 1.05 bits per heavy atom. The molecule has 0 unspecified atom stereocenters. The number of hydrogen-bond acceptors (Lipinski definition) is 3. The molecule has 106 valence electrons. The number of hydrogen-bond donors (Lipinski definition) is 1. The number of nitrogens with zero attached hydrogens (tertiary/aromatic N) is 1. The summed E-state index contributed by atoms with van der Waals surface area (Å²) in [7, 11) is 0. The van der Waals surface area contributed by atoms with Crippen molar-refractivity contribution in [2.45, 2.75) is 39.7 Å². The smallest absolute Gasteiger partial charge is 0.219 e. The molecule has 2 rings (SSSR count). The van der Waals surface area contributed by atoms with Gasteiger partial charge in [-0.1, -0.05) is 32.0 Å². The molecule has 1 aromatic carbocycles. The quantitative estimate of drug-likeness (QED) is 0.899. The second-order valence-corrected chi connectivity index (χ2v) is 5.50. The predicted octanol–water partition coefficient (Wildman–Crippen LogP) is 4.33. The Bertz CT molecular complexity index is 574. The number of nitrogens with two attached hydrogens (primary N) is 1. The van der Waals surface area contributed by atoms with Crippen molar-refractivity contribution in [3.63, 3.8) is 0 Å². The second kappa shape index (κ2) is 6.06. The average molecular weight is 270 g/mol. The van der Waals surface area contributed by atoms with E-state index in [1.807, 2.05) is 26.0 Å². The summed E-state index contributed by atoms with van der Waals surface area (Å²) in [5.74, 6) is 1.93. The van der Waals surface area contributed by atoms with Gasteiger partial charge in [-0.15, -0.1) is 0 Å². The van der Waals surface area contributed by atoms with Gasteiger partial charge in [-0.25, -0.2) is 4.98 Å². The van der Waals surface area contributed by atoms with E-state index in [0.717, 1.165) is 16.9 Å². The van der Waals surface area contributed by atoms with E-state index in [-0.39, 0.29) is 6.04 Å². The van der Waals surface area contributed by atoms with Crippen molar-refractivity contribution in [1.29, 1.82) is 0 Å². The number of rotatable bonds is 4. The lowest BCUT2D eigenvalue weighted by Crippen LogP contribution is -2.05. The highest BCUT2D eigenvalue weighted by Gasteiger charge is 2.07. The van der Waals surface area contributed by atoms with Gasteiger partial charge >= 0.3 is 0 Å². The maximum Gasteiger partial charge on any atom is 0.219 e. The number of ether oxygens (including phenoxy) is 1. The van der Waals surface area contributed by atoms with Crippen molar-refractivity contribution < 1.29 is 4.74 Å². The average Bonchev–Trinajstić information content (AvgIpc) is 2.41. The van der Waals surface area contributed by atoms with Gasteiger partial charge in [0.2, 0.25) is 5.88 Å². The molecule has 1 heterocycles. The number of benzene rings is 1. The van der Waals surface area contributed by atoms with Crippen LogP contribution in [0.2, 0.25) is 0 Å². The fourth-order valence-electron chi connectivity index (χ4n) is 1.92. The molecule has 1 atom stereocenters. The van der Waals surface area contributed by atoms with Crippen molar-refractivity contribution in [2.24, 2.45) is 5.73 Å². The SMILES string of the molecule is Cc1ccc(C(C)C)cc1Oc1ccc([C@@H](C)N)cn1. The van der Waals surface area contributed by atoms with Gasteiger partial charge in [0, 0.05) is 18.3 Å². The van der Waals surface area contributed by atoms with Crippen LogP contribution in [0, 0.1) is 6.92 Å². The molecule has 0 saturated carbocycles. The van der Waals surface area contributed by atoms with E-state index < -0.39 is 0 Å². The first-order valence-corrected chi connectivity index (χ1v) is 6.97. The number of pyridine rings is 1. The van der Waals surface area contributed by atoms with E-state index >= 15 is 0 Å². The van der Waals surface area contributed by atoms with Crippen LogP contribution in [0.4, 0.5) is 0 Å². The van der Waals surface area contributed by atoms with Crippen LogP contribution in [-0.2, 0) is 0 Å². The van der Waals surface area contributed by atoms with E-state index in [1.54, 1.807) is 6.20 Å². The maximum atomic E-state index is 5.88. The van der Waals surface area contributed by atoms with Gasteiger partial charge < -0.3 is 10.5 Å². The summed E-state index contributed by atoms with van der Waals surface area (Å²) in [6.45, 7) is 8.32. The highest BCUT2D eigenvalue weighted by atomic mass is 16.5. The molecule has 20 heavy (non-hydrogen) atoms. The molecule has 2 N–H and O–H groups in total. The first-order chi connectivity index (χ1) is 9.47. The molecule has 3 nitrogen and oxygen atoms in total. The molecular formula is C17H22N2O. The van der Waals surface area contributed by atoms with Crippen LogP contribution in [0.5, 0.6) is 11.6 Å². The Labute approximate surface area is 120 Å². The van der Waals surface area contributed by atoms with E-state index in [9.17, 15) is 0 Å². The normalized spacial score (nSPS) is 12.5. The zero-order chi connectivity index (χ0) is 14.7. The van der Waals surface area contributed by atoms with E-state index in [0.29, 0.717) is 11.8 Å². The lowest BCUT2D eigenvalue weighted by molar-refractivity contribution is 0.458. The Hall–Kier alpha value is -1.87. The molecule has 0 radical (unpaired) electrons. The summed E-state index contributed by atoms with van der Waals surface area (Å²) in [5, 5.41) is 0. The van der Waals surface area contributed by atoms with Crippen LogP contribution in [0.25, 0.3) is 0 Å². The Morgan fingerprint density at radius 2 is 1.75 bits per heavy atom. The van der Waals surface area contributed by atoms with Crippen molar-refractivity contribution in [2.75, 3.05) is 0 Å². The first-order valence-electron chi connectivity index (χ1n) is 6.97. The Kier molecular flexibility index (Phi) is 4.40. The van der Waals surface area contributed by atoms with Gasteiger partial charge in [0.1, 0.15) is 5.75 Å². The molecule has 0 amide bonds. The summed E-state index contributed by atoms with van der Waals surface area (Å²) < 4.78 is 5.88. The minimum atomic E-state index is -0.0115. The fourth-order valence-corrected chi connectivity index (χ4v) is 1.92. The summed E-state index contributed by atoms with van der Waals surface area (Å²) in [5.41, 5.74) is 9.18. The number of aryl methyl sites for hydroxylation is 1.